The molecule has 0 spiro atoms. The highest BCUT2D eigenvalue weighted by Gasteiger charge is 2.28. The van der Waals surface area contributed by atoms with Crippen molar-refractivity contribution in [2.24, 2.45) is 5.73 Å². The molecule has 1 rings (SSSR count). The third-order valence-corrected chi connectivity index (χ3v) is 1.92. The van der Waals surface area contributed by atoms with Crippen LogP contribution in [0.4, 0.5) is 13.2 Å². The lowest BCUT2D eigenvalue weighted by Crippen LogP contribution is -2.22. The average Bonchev–Trinajstić information content (AvgIpc) is 2.19. The second-order valence-electron chi connectivity index (χ2n) is 3.42. The first-order valence-corrected chi connectivity index (χ1v) is 4.92. The first-order chi connectivity index (χ1) is 7.51. The number of rotatable bonds is 5. The van der Waals surface area contributed by atoms with Crippen LogP contribution in [0.5, 0.6) is 0 Å². The van der Waals surface area contributed by atoms with E-state index in [0.717, 1.165) is 5.56 Å². The van der Waals surface area contributed by atoms with E-state index in [1.54, 1.807) is 6.07 Å². The molecule has 16 heavy (non-hydrogen) atoms. The van der Waals surface area contributed by atoms with Gasteiger partial charge >= 0.3 is 6.18 Å². The average molecular weight is 233 g/mol. The van der Waals surface area contributed by atoms with Gasteiger partial charge in [-0.25, -0.2) is 0 Å². The minimum Gasteiger partial charge on any atom is -0.329 e. The molecule has 6 heteroatoms. The minimum atomic E-state index is -4.20. The van der Waals surface area contributed by atoms with Crippen LogP contribution in [-0.4, -0.2) is 24.2 Å². The SMILES string of the molecule is NCCNCc1ccc(CC(F)(F)F)nc1. The second kappa shape index (κ2) is 5.81. The van der Waals surface area contributed by atoms with Crippen LogP contribution >= 0.6 is 0 Å². The molecule has 0 amide bonds. The maximum Gasteiger partial charge on any atom is 0.394 e. The largest absolute Gasteiger partial charge is 0.394 e. The number of hydrogen-bond donors (Lipinski definition) is 2. The zero-order valence-electron chi connectivity index (χ0n) is 8.72. The van der Waals surface area contributed by atoms with Crippen LogP contribution in [0.2, 0.25) is 0 Å². The molecule has 0 aliphatic heterocycles. The minimum absolute atomic E-state index is 0.0371. The smallest absolute Gasteiger partial charge is 0.329 e. The summed E-state index contributed by atoms with van der Waals surface area (Å²) in [5.41, 5.74) is 6.17. The Morgan fingerprint density at radius 2 is 2.06 bits per heavy atom. The molecule has 0 bridgehead atoms. The third-order valence-electron chi connectivity index (χ3n) is 1.92. The van der Waals surface area contributed by atoms with Crippen molar-refractivity contribution in [3.05, 3.63) is 29.6 Å². The van der Waals surface area contributed by atoms with Crippen LogP contribution in [0, 0.1) is 0 Å². The van der Waals surface area contributed by atoms with Crippen molar-refractivity contribution in [3.63, 3.8) is 0 Å². The Hall–Kier alpha value is -1.14. The van der Waals surface area contributed by atoms with E-state index in [1.807, 2.05) is 0 Å². The molecule has 1 aromatic heterocycles. The van der Waals surface area contributed by atoms with E-state index in [-0.39, 0.29) is 5.69 Å². The Balaban J connectivity index is 2.48. The summed E-state index contributed by atoms with van der Waals surface area (Å²) in [6, 6.07) is 3.03. The number of nitrogens with one attached hydrogen (secondary N) is 1. The monoisotopic (exact) mass is 233 g/mol. The summed E-state index contributed by atoms with van der Waals surface area (Å²) in [6.07, 6.45) is -3.74. The summed E-state index contributed by atoms with van der Waals surface area (Å²) in [7, 11) is 0. The van der Waals surface area contributed by atoms with Crippen LogP contribution in [0.1, 0.15) is 11.3 Å². The molecule has 0 aliphatic rings. The number of aromatic nitrogens is 1. The first-order valence-electron chi connectivity index (χ1n) is 4.92. The maximum atomic E-state index is 12.0. The molecule has 90 valence electrons. The van der Waals surface area contributed by atoms with E-state index in [0.29, 0.717) is 19.6 Å². The molecule has 0 saturated carbocycles. The fourth-order valence-electron chi connectivity index (χ4n) is 1.20. The van der Waals surface area contributed by atoms with Crippen molar-refractivity contribution in [1.29, 1.82) is 0 Å². The highest BCUT2D eigenvalue weighted by Crippen LogP contribution is 2.19. The zero-order valence-corrected chi connectivity index (χ0v) is 8.72. The van der Waals surface area contributed by atoms with Gasteiger partial charge in [-0.15, -0.1) is 0 Å². The fourth-order valence-corrected chi connectivity index (χ4v) is 1.20. The van der Waals surface area contributed by atoms with Crippen LogP contribution in [0.25, 0.3) is 0 Å². The molecule has 3 N–H and O–H groups in total. The number of pyridine rings is 1. The molecule has 1 heterocycles. The normalized spacial score (nSPS) is 11.8. The summed E-state index contributed by atoms with van der Waals surface area (Å²) < 4.78 is 36.1. The van der Waals surface area contributed by atoms with Crippen molar-refractivity contribution in [2.45, 2.75) is 19.1 Å². The molecule has 0 aromatic carbocycles. The molecule has 3 nitrogen and oxygen atoms in total. The fraction of sp³-hybridized carbons (Fsp3) is 0.500. The van der Waals surface area contributed by atoms with Crippen molar-refractivity contribution < 1.29 is 13.2 Å². The van der Waals surface area contributed by atoms with Crippen LogP contribution in [0.15, 0.2) is 18.3 Å². The van der Waals surface area contributed by atoms with E-state index in [1.165, 1.54) is 12.3 Å². The summed E-state index contributed by atoms with van der Waals surface area (Å²) in [5, 5.41) is 3.03. The molecular weight excluding hydrogens is 219 g/mol. The van der Waals surface area contributed by atoms with Gasteiger partial charge in [-0.1, -0.05) is 6.07 Å². The third kappa shape index (κ3) is 5.09. The molecule has 0 aliphatic carbocycles. The first kappa shape index (κ1) is 12.9. The van der Waals surface area contributed by atoms with Gasteiger partial charge in [-0.05, 0) is 11.6 Å². The van der Waals surface area contributed by atoms with E-state index in [4.69, 9.17) is 5.73 Å². The van der Waals surface area contributed by atoms with Gasteiger partial charge in [0.05, 0.1) is 6.42 Å². The lowest BCUT2D eigenvalue weighted by atomic mass is 10.2. The Labute approximate surface area is 91.9 Å². The number of halogens is 3. The van der Waals surface area contributed by atoms with Crippen LogP contribution < -0.4 is 11.1 Å². The van der Waals surface area contributed by atoms with Gasteiger partial charge in [0, 0.05) is 31.5 Å². The molecule has 0 saturated heterocycles. The summed E-state index contributed by atoms with van der Waals surface area (Å²) in [6.45, 7) is 1.76. The number of nitrogens with zero attached hydrogens (tertiary/aromatic N) is 1. The Morgan fingerprint density at radius 3 is 2.56 bits per heavy atom. The number of alkyl halides is 3. The van der Waals surface area contributed by atoms with Crippen molar-refractivity contribution in [2.75, 3.05) is 13.1 Å². The lowest BCUT2D eigenvalue weighted by Gasteiger charge is -2.07. The highest BCUT2D eigenvalue weighted by molar-refractivity contribution is 5.14. The van der Waals surface area contributed by atoms with E-state index >= 15 is 0 Å². The quantitative estimate of drug-likeness (QED) is 0.752. The molecule has 0 fully saturated rings. The Bertz CT molecular complexity index is 308. The molecule has 0 radical (unpaired) electrons. The zero-order chi connectivity index (χ0) is 12.0. The van der Waals surface area contributed by atoms with Crippen molar-refractivity contribution >= 4 is 0 Å². The predicted molar refractivity (Wildman–Crippen MR) is 54.8 cm³/mol. The molecule has 0 atom stereocenters. The van der Waals surface area contributed by atoms with Crippen molar-refractivity contribution in [1.82, 2.24) is 10.3 Å². The van der Waals surface area contributed by atoms with Gasteiger partial charge in [-0.3, -0.25) is 4.98 Å². The lowest BCUT2D eigenvalue weighted by molar-refractivity contribution is -0.127. The number of hydrogen-bond acceptors (Lipinski definition) is 3. The highest BCUT2D eigenvalue weighted by atomic mass is 19.4. The molecule has 1 aromatic rings. The van der Waals surface area contributed by atoms with Gasteiger partial charge < -0.3 is 11.1 Å². The van der Waals surface area contributed by atoms with E-state index < -0.39 is 12.6 Å². The van der Waals surface area contributed by atoms with Crippen LogP contribution in [-0.2, 0) is 13.0 Å². The second-order valence-corrected chi connectivity index (χ2v) is 3.42. The summed E-state index contributed by atoms with van der Waals surface area (Å²) in [4.78, 5) is 3.75. The van der Waals surface area contributed by atoms with E-state index in [2.05, 4.69) is 10.3 Å². The van der Waals surface area contributed by atoms with Gasteiger partial charge in [0.15, 0.2) is 0 Å². The van der Waals surface area contributed by atoms with Crippen molar-refractivity contribution in [3.8, 4) is 0 Å². The maximum absolute atomic E-state index is 12.0. The van der Waals surface area contributed by atoms with Gasteiger partial charge in [0.25, 0.3) is 0 Å². The van der Waals surface area contributed by atoms with Gasteiger partial charge in [-0.2, -0.15) is 13.2 Å². The summed E-state index contributed by atoms with van der Waals surface area (Å²) >= 11 is 0. The Kier molecular flexibility index (Phi) is 4.70. The van der Waals surface area contributed by atoms with Crippen LogP contribution in [0.3, 0.4) is 0 Å². The molecule has 0 unspecified atom stereocenters. The Morgan fingerprint density at radius 1 is 1.31 bits per heavy atom. The van der Waals surface area contributed by atoms with Gasteiger partial charge in [0.2, 0.25) is 0 Å². The topological polar surface area (TPSA) is 50.9 Å². The summed E-state index contributed by atoms with van der Waals surface area (Å²) in [5.74, 6) is 0. The van der Waals surface area contributed by atoms with E-state index in [9.17, 15) is 13.2 Å². The number of nitrogens with two attached hydrogens (primary N) is 1. The predicted octanol–water partition coefficient (Wildman–Crippen LogP) is 1.23. The molecular formula is C10H14F3N3. The van der Waals surface area contributed by atoms with Gasteiger partial charge in [0.1, 0.15) is 0 Å². The standard InChI is InChI=1S/C10H14F3N3/c11-10(12,13)5-9-2-1-8(7-16-9)6-15-4-3-14/h1-2,7,15H,3-6,14H2.